The number of hydrogen-bond acceptors (Lipinski definition) is 2. The lowest BCUT2D eigenvalue weighted by Crippen LogP contribution is -2.28. The Hall–Kier alpha value is -0.890. The predicted octanol–water partition coefficient (Wildman–Crippen LogP) is 2.97. The third-order valence-electron chi connectivity index (χ3n) is 2.48. The molecule has 0 radical (unpaired) electrons. The SMILES string of the molecule is CCS(=O)CCNC(=O)c1cc(C(F)(F)F)ccc1Br. The Labute approximate surface area is 125 Å². The van der Waals surface area contributed by atoms with E-state index in [1.165, 1.54) is 6.07 Å². The second-order valence-electron chi connectivity index (χ2n) is 3.88. The number of carbonyl (C=O) groups is 1. The molecule has 1 aromatic carbocycles. The maximum atomic E-state index is 12.6. The third kappa shape index (κ3) is 4.90. The number of rotatable bonds is 5. The monoisotopic (exact) mass is 371 g/mol. The van der Waals surface area contributed by atoms with Gasteiger partial charge in [-0.05, 0) is 34.1 Å². The maximum absolute atomic E-state index is 12.6. The molecule has 0 saturated carbocycles. The highest BCUT2D eigenvalue weighted by Gasteiger charge is 2.31. The molecule has 0 aromatic heterocycles. The Kier molecular flexibility index (Phi) is 6.19. The van der Waals surface area contributed by atoms with Gasteiger partial charge in [0.05, 0.1) is 11.1 Å². The highest BCUT2D eigenvalue weighted by molar-refractivity contribution is 9.10. The molecule has 3 nitrogen and oxygen atoms in total. The van der Waals surface area contributed by atoms with Gasteiger partial charge in [0.1, 0.15) is 0 Å². The number of carbonyl (C=O) groups excluding carboxylic acids is 1. The zero-order chi connectivity index (χ0) is 15.3. The molecule has 0 aliphatic rings. The second-order valence-corrected chi connectivity index (χ2v) is 6.60. The van der Waals surface area contributed by atoms with Gasteiger partial charge >= 0.3 is 6.18 Å². The topological polar surface area (TPSA) is 46.2 Å². The van der Waals surface area contributed by atoms with Gasteiger partial charge in [-0.2, -0.15) is 13.2 Å². The molecule has 0 aliphatic carbocycles. The lowest BCUT2D eigenvalue weighted by atomic mass is 10.1. The minimum absolute atomic E-state index is 0.0953. The first kappa shape index (κ1) is 17.2. The van der Waals surface area contributed by atoms with Gasteiger partial charge in [0.2, 0.25) is 0 Å². The van der Waals surface area contributed by atoms with Crippen molar-refractivity contribution in [2.24, 2.45) is 0 Å². The van der Waals surface area contributed by atoms with E-state index in [4.69, 9.17) is 0 Å². The fourth-order valence-electron chi connectivity index (χ4n) is 1.39. The maximum Gasteiger partial charge on any atom is 0.416 e. The molecule has 20 heavy (non-hydrogen) atoms. The summed E-state index contributed by atoms with van der Waals surface area (Å²) in [5, 5.41) is 2.45. The fourth-order valence-corrected chi connectivity index (χ4v) is 2.44. The molecule has 1 unspecified atom stereocenters. The average molecular weight is 372 g/mol. The van der Waals surface area contributed by atoms with Gasteiger partial charge in [-0.1, -0.05) is 6.92 Å². The van der Waals surface area contributed by atoms with Crippen LogP contribution >= 0.6 is 15.9 Å². The zero-order valence-electron chi connectivity index (χ0n) is 10.6. The van der Waals surface area contributed by atoms with Gasteiger partial charge in [-0.15, -0.1) is 0 Å². The summed E-state index contributed by atoms with van der Waals surface area (Å²) < 4.78 is 49.2. The lowest BCUT2D eigenvalue weighted by Gasteiger charge is -2.11. The van der Waals surface area contributed by atoms with Gasteiger partial charge in [-0.3, -0.25) is 9.00 Å². The van der Waals surface area contributed by atoms with Crippen molar-refractivity contribution in [2.75, 3.05) is 18.1 Å². The molecular weight excluding hydrogens is 359 g/mol. The Balaban J connectivity index is 2.79. The number of hydrogen-bond donors (Lipinski definition) is 1. The normalized spacial score (nSPS) is 13.1. The summed E-state index contributed by atoms with van der Waals surface area (Å²) in [7, 11) is -1.03. The second kappa shape index (κ2) is 7.21. The summed E-state index contributed by atoms with van der Waals surface area (Å²) in [6.45, 7) is 1.91. The Morgan fingerprint density at radius 1 is 1.40 bits per heavy atom. The first-order valence-electron chi connectivity index (χ1n) is 5.75. The van der Waals surface area contributed by atoms with Crippen LogP contribution in [0.15, 0.2) is 22.7 Å². The van der Waals surface area contributed by atoms with Crippen LogP contribution in [0, 0.1) is 0 Å². The van der Waals surface area contributed by atoms with E-state index in [0.29, 0.717) is 5.75 Å². The van der Waals surface area contributed by atoms with Crippen LogP contribution in [0.4, 0.5) is 13.2 Å². The summed E-state index contributed by atoms with van der Waals surface area (Å²) in [5.41, 5.74) is -0.981. The van der Waals surface area contributed by atoms with Crippen molar-refractivity contribution in [3.63, 3.8) is 0 Å². The molecule has 1 amide bonds. The van der Waals surface area contributed by atoms with E-state index in [-0.39, 0.29) is 22.3 Å². The summed E-state index contributed by atoms with van der Waals surface area (Å²) >= 11 is 3.04. The number of halogens is 4. The van der Waals surface area contributed by atoms with Gasteiger partial charge in [0.15, 0.2) is 0 Å². The van der Waals surface area contributed by atoms with Crippen LogP contribution in [0.1, 0.15) is 22.8 Å². The molecule has 0 heterocycles. The number of amides is 1. The van der Waals surface area contributed by atoms with Gasteiger partial charge in [0, 0.05) is 33.3 Å². The van der Waals surface area contributed by atoms with E-state index < -0.39 is 28.4 Å². The number of nitrogens with one attached hydrogen (secondary N) is 1. The molecule has 0 saturated heterocycles. The van der Waals surface area contributed by atoms with Crippen LogP contribution in [-0.2, 0) is 17.0 Å². The summed E-state index contributed by atoms with van der Waals surface area (Å²) in [6.07, 6.45) is -4.50. The van der Waals surface area contributed by atoms with Crippen molar-refractivity contribution in [2.45, 2.75) is 13.1 Å². The number of benzene rings is 1. The van der Waals surface area contributed by atoms with E-state index in [1.54, 1.807) is 6.92 Å². The van der Waals surface area contributed by atoms with Crippen LogP contribution < -0.4 is 5.32 Å². The molecule has 0 bridgehead atoms. The first-order valence-corrected chi connectivity index (χ1v) is 8.03. The highest BCUT2D eigenvalue weighted by Crippen LogP contribution is 2.31. The molecular formula is C12H13BrF3NO2S. The van der Waals surface area contributed by atoms with E-state index >= 15 is 0 Å². The largest absolute Gasteiger partial charge is 0.416 e. The van der Waals surface area contributed by atoms with Gasteiger partial charge in [-0.25, -0.2) is 0 Å². The molecule has 0 spiro atoms. The van der Waals surface area contributed by atoms with Crippen LogP contribution in [0.25, 0.3) is 0 Å². The molecule has 112 valence electrons. The Morgan fingerprint density at radius 2 is 2.05 bits per heavy atom. The fraction of sp³-hybridized carbons (Fsp3) is 0.417. The molecule has 8 heteroatoms. The standard InChI is InChI=1S/C12H13BrF3NO2S/c1-2-20(19)6-5-17-11(18)9-7-8(12(14,15)16)3-4-10(9)13/h3-4,7H,2,5-6H2,1H3,(H,17,18). The van der Waals surface area contributed by atoms with Crippen molar-refractivity contribution in [3.8, 4) is 0 Å². The Morgan fingerprint density at radius 3 is 2.60 bits per heavy atom. The minimum Gasteiger partial charge on any atom is -0.351 e. The van der Waals surface area contributed by atoms with Crippen molar-refractivity contribution >= 4 is 32.6 Å². The Bertz CT molecular complexity index is 520. The summed E-state index contributed by atoms with van der Waals surface area (Å²) in [4.78, 5) is 11.8. The average Bonchev–Trinajstić information content (AvgIpc) is 2.37. The molecule has 1 aromatic rings. The van der Waals surface area contributed by atoms with E-state index in [2.05, 4.69) is 21.2 Å². The van der Waals surface area contributed by atoms with E-state index in [9.17, 15) is 22.2 Å². The first-order chi connectivity index (χ1) is 9.25. The van der Waals surface area contributed by atoms with Crippen LogP contribution in [0.2, 0.25) is 0 Å². The number of alkyl halides is 3. The summed E-state index contributed by atoms with van der Waals surface area (Å²) in [6, 6.07) is 2.87. The van der Waals surface area contributed by atoms with Crippen molar-refractivity contribution in [1.29, 1.82) is 0 Å². The van der Waals surface area contributed by atoms with E-state index in [1.807, 2.05) is 0 Å². The molecule has 1 atom stereocenters. The van der Waals surface area contributed by atoms with Crippen molar-refractivity contribution in [1.82, 2.24) is 5.32 Å². The van der Waals surface area contributed by atoms with Gasteiger partial charge in [0.25, 0.3) is 5.91 Å². The van der Waals surface area contributed by atoms with Crippen LogP contribution in [0.5, 0.6) is 0 Å². The van der Waals surface area contributed by atoms with Crippen molar-refractivity contribution in [3.05, 3.63) is 33.8 Å². The van der Waals surface area contributed by atoms with Crippen LogP contribution in [-0.4, -0.2) is 28.2 Å². The quantitative estimate of drug-likeness (QED) is 0.864. The van der Waals surface area contributed by atoms with Crippen molar-refractivity contribution < 1.29 is 22.2 Å². The predicted molar refractivity (Wildman–Crippen MR) is 75.0 cm³/mol. The van der Waals surface area contributed by atoms with Crippen LogP contribution in [0.3, 0.4) is 0 Å². The highest BCUT2D eigenvalue weighted by atomic mass is 79.9. The lowest BCUT2D eigenvalue weighted by molar-refractivity contribution is -0.137. The molecule has 0 aliphatic heterocycles. The molecule has 1 rings (SSSR count). The summed E-state index contributed by atoms with van der Waals surface area (Å²) in [5.74, 6) is 0.123. The molecule has 1 N–H and O–H groups in total. The van der Waals surface area contributed by atoms with Gasteiger partial charge < -0.3 is 5.32 Å². The molecule has 0 fully saturated rings. The zero-order valence-corrected chi connectivity index (χ0v) is 13.0. The van der Waals surface area contributed by atoms with E-state index in [0.717, 1.165) is 12.1 Å². The smallest absolute Gasteiger partial charge is 0.351 e. The minimum atomic E-state index is -4.50. The third-order valence-corrected chi connectivity index (χ3v) is 4.47.